The Bertz CT molecular complexity index is 1350. The van der Waals surface area contributed by atoms with Gasteiger partial charge in [-0.25, -0.2) is 4.68 Å². The van der Waals surface area contributed by atoms with Crippen molar-refractivity contribution < 1.29 is 14.3 Å². The zero-order valence-corrected chi connectivity index (χ0v) is 19.7. The topological polar surface area (TPSA) is 81.5 Å². The Hall–Kier alpha value is -3.59. The number of fused-ring (bicyclic) bond motifs is 2. The Labute approximate surface area is 201 Å². The van der Waals surface area contributed by atoms with Gasteiger partial charge in [-0.1, -0.05) is 35.6 Å². The summed E-state index contributed by atoms with van der Waals surface area (Å²) >= 11 is 1.66. The molecule has 0 radical (unpaired) electrons. The third-order valence-corrected chi connectivity index (χ3v) is 7.56. The number of amides is 1. The van der Waals surface area contributed by atoms with Crippen LogP contribution < -0.4 is 19.7 Å². The average molecular weight is 476 g/mol. The van der Waals surface area contributed by atoms with Gasteiger partial charge in [0.25, 0.3) is 0 Å². The van der Waals surface area contributed by atoms with Gasteiger partial charge in [-0.15, -0.1) is 0 Å². The van der Waals surface area contributed by atoms with Crippen molar-refractivity contribution in [3.05, 3.63) is 59.8 Å². The Balaban J connectivity index is 1.15. The minimum atomic E-state index is -0.0681. The lowest BCUT2D eigenvalue weighted by atomic mass is 9.97. The predicted octanol–water partition coefficient (Wildman–Crippen LogP) is 4.05. The quantitative estimate of drug-likeness (QED) is 0.469. The van der Waals surface area contributed by atoms with Crippen molar-refractivity contribution in [2.24, 2.45) is 5.92 Å². The number of nitrogens with one attached hydrogen (secondary N) is 1. The third-order valence-electron chi connectivity index (χ3n) is 6.34. The van der Waals surface area contributed by atoms with Gasteiger partial charge in [0.05, 0.1) is 22.0 Å². The molecule has 1 amide bonds. The third kappa shape index (κ3) is 3.86. The Morgan fingerprint density at radius 1 is 1.18 bits per heavy atom. The first kappa shape index (κ1) is 21.0. The largest absolute Gasteiger partial charge is 0.454 e. The van der Waals surface area contributed by atoms with Crippen molar-refractivity contribution in [1.82, 2.24) is 20.1 Å². The highest BCUT2D eigenvalue weighted by atomic mass is 32.1. The molecule has 8 nitrogen and oxygen atoms in total. The zero-order chi connectivity index (χ0) is 23.1. The highest BCUT2D eigenvalue weighted by Crippen LogP contribution is 2.35. The summed E-state index contributed by atoms with van der Waals surface area (Å²) in [6.07, 6.45) is 1.84. The Kier molecular flexibility index (Phi) is 5.33. The number of hydrogen-bond donors (Lipinski definition) is 1. The van der Waals surface area contributed by atoms with E-state index in [1.54, 1.807) is 11.3 Å². The zero-order valence-electron chi connectivity index (χ0n) is 18.9. The molecule has 2 aromatic heterocycles. The van der Waals surface area contributed by atoms with Gasteiger partial charge in [0, 0.05) is 19.6 Å². The second-order valence-electron chi connectivity index (χ2n) is 8.67. The predicted molar refractivity (Wildman–Crippen MR) is 131 cm³/mol. The van der Waals surface area contributed by atoms with Crippen LogP contribution in [0.2, 0.25) is 0 Å². The summed E-state index contributed by atoms with van der Waals surface area (Å²) in [7, 11) is 0. The van der Waals surface area contributed by atoms with E-state index in [-0.39, 0.29) is 18.6 Å². The molecule has 0 bridgehead atoms. The maximum absolute atomic E-state index is 13.0. The fraction of sp³-hybridized carbons (Fsp3) is 0.320. The fourth-order valence-corrected chi connectivity index (χ4v) is 5.58. The molecule has 2 aliphatic rings. The van der Waals surface area contributed by atoms with E-state index >= 15 is 0 Å². The van der Waals surface area contributed by atoms with Gasteiger partial charge < -0.3 is 19.7 Å². The summed E-state index contributed by atoms with van der Waals surface area (Å²) in [6, 6.07) is 15.8. The number of piperidine rings is 1. The van der Waals surface area contributed by atoms with Crippen molar-refractivity contribution in [2.75, 3.05) is 24.8 Å². The number of nitrogens with zero attached hydrogens (tertiary/aromatic N) is 4. The minimum Gasteiger partial charge on any atom is -0.454 e. The molecule has 2 aliphatic heterocycles. The van der Waals surface area contributed by atoms with E-state index in [0.717, 1.165) is 63.3 Å². The normalized spacial score (nSPS) is 17.3. The molecule has 34 heavy (non-hydrogen) atoms. The number of anilines is 1. The summed E-state index contributed by atoms with van der Waals surface area (Å²) in [4.78, 5) is 20.2. The molecule has 1 atom stereocenters. The highest BCUT2D eigenvalue weighted by Gasteiger charge is 2.28. The minimum absolute atomic E-state index is 0.0681. The molecular formula is C25H25N5O3S. The van der Waals surface area contributed by atoms with E-state index in [2.05, 4.69) is 15.3 Å². The average Bonchev–Trinajstić information content (AvgIpc) is 3.59. The number of carbonyl (C=O) groups excluding carboxylic acids is 1. The van der Waals surface area contributed by atoms with E-state index in [1.165, 1.54) is 0 Å². The summed E-state index contributed by atoms with van der Waals surface area (Å²) in [5.74, 6) is 1.49. The molecule has 1 N–H and O–H groups in total. The van der Waals surface area contributed by atoms with E-state index in [1.807, 2.05) is 60.1 Å². The lowest BCUT2D eigenvalue weighted by Gasteiger charge is -2.31. The highest BCUT2D eigenvalue weighted by molar-refractivity contribution is 7.22. The molecule has 4 aromatic rings. The first-order valence-corrected chi connectivity index (χ1v) is 12.3. The molecule has 174 valence electrons. The summed E-state index contributed by atoms with van der Waals surface area (Å²) in [5.41, 5.74) is 3.84. The number of aryl methyl sites for hydroxylation is 1. The van der Waals surface area contributed by atoms with Crippen LogP contribution in [0.1, 0.15) is 24.1 Å². The summed E-state index contributed by atoms with van der Waals surface area (Å²) in [6.45, 7) is 4.31. The van der Waals surface area contributed by atoms with Gasteiger partial charge in [0.15, 0.2) is 22.3 Å². The van der Waals surface area contributed by atoms with Gasteiger partial charge in [-0.05, 0) is 49.6 Å². The van der Waals surface area contributed by atoms with Crippen molar-refractivity contribution in [3.8, 4) is 17.2 Å². The number of thiazole rings is 1. The molecule has 0 spiro atoms. The van der Waals surface area contributed by atoms with E-state index < -0.39 is 0 Å². The molecule has 2 aromatic carbocycles. The van der Waals surface area contributed by atoms with Crippen LogP contribution in [0.15, 0.2) is 48.5 Å². The van der Waals surface area contributed by atoms with Crippen LogP contribution in [0.25, 0.3) is 16.0 Å². The van der Waals surface area contributed by atoms with Crippen LogP contribution in [0.4, 0.5) is 5.13 Å². The number of aromatic nitrogens is 3. The summed E-state index contributed by atoms with van der Waals surface area (Å²) < 4.78 is 13.8. The van der Waals surface area contributed by atoms with Gasteiger partial charge in [-0.3, -0.25) is 4.79 Å². The van der Waals surface area contributed by atoms with Crippen LogP contribution in [0, 0.1) is 12.8 Å². The molecule has 1 saturated heterocycles. The number of para-hydroxylation sites is 1. The Morgan fingerprint density at radius 2 is 2.03 bits per heavy atom. The van der Waals surface area contributed by atoms with Crippen LogP contribution >= 0.6 is 11.3 Å². The van der Waals surface area contributed by atoms with E-state index in [4.69, 9.17) is 14.5 Å². The van der Waals surface area contributed by atoms with Gasteiger partial charge in [0.2, 0.25) is 12.7 Å². The number of ether oxygens (including phenoxy) is 2. The second-order valence-corrected chi connectivity index (χ2v) is 9.65. The van der Waals surface area contributed by atoms with Crippen LogP contribution in [0.5, 0.6) is 11.5 Å². The maximum Gasteiger partial charge on any atom is 0.231 e. The van der Waals surface area contributed by atoms with E-state index in [0.29, 0.717) is 13.1 Å². The van der Waals surface area contributed by atoms with Crippen LogP contribution in [-0.2, 0) is 11.3 Å². The van der Waals surface area contributed by atoms with E-state index in [9.17, 15) is 4.79 Å². The van der Waals surface area contributed by atoms with Crippen molar-refractivity contribution in [2.45, 2.75) is 26.3 Å². The molecule has 6 rings (SSSR count). The molecule has 0 unspecified atom stereocenters. The SMILES string of the molecule is Cc1nn(-c2ccccc2)c2nc(N3CCC[C@H](C(=O)NCc4ccc5c(c4)OCO5)C3)sc12. The van der Waals surface area contributed by atoms with Gasteiger partial charge in [0.1, 0.15) is 0 Å². The fourth-order valence-electron chi connectivity index (χ4n) is 4.56. The lowest BCUT2D eigenvalue weighted by Crippen LogP contribution is -2.43. The van der Waals surface area contributed by atoms with Gasteiger partial charge in [-0.2, -0.15) is 10.1 Å². The monoisotopic (exact) mass is 475 g/mol. The number of benzene rings is 2. The standard InChI is InChI=1S/C25H25N5O3S/c1-16-22-23(30(28-16)19-7-3-2-4-8-19)27-25(34-22)29-11-5-6-18(14-29)24(31)26-13-17-9-10-20-21(12-17)33-15-32-20/h2-4,7-10,12,18H,5-6,11,13-15H2,1H3,(H,26,31)/t18-/m0/s1. The van der Waals surface area contributed by atoms with Gasteiger partial charge >= 0.3 is 0 Å². The molecule has 1 fully saturated rings. The summed E-state index contributed by atoms with van der Waals surface area (Å²) in [5, 5.41) is 8.74. The first-order valence-electron chi connectivity index (χ1n) is 11.5. The molecule has 4 heterocycles. The second kappa shape index (κ2) is 8.64. The molecule has 0 aliphatic carbocycles. The maximum atomic E-state index is 13.0. The molecule has 9 heteroatoms. The van der Waals surface area contributed by atoms with Crippen LogP contribution in [-0.4, -0.2) is 40.6 Å². The lowest BCUT2D eigenvalue weighted by molar-refractivity contribution is -0.125. The van der Waals surface area contributed by atoms with Crippen LogP contribution in [0.3, 0.4) is 0 Å². The first-order chi connectivity index (χ1) is 16.7. The van der Waals surface area contributed by atoms with Crippen molar-refractivity contribution >= 4 is 32.7 Å². The molecular weight excluding hydrogens is 450 g/mol. The number of hydrogen-bond acceptors (Lipinski definition) is 7. The number of rotatable bonds is 5. The Morgan fingerprint density at radius 3 is 2.91 bits per heavy atom. The number of carbonyl (C=O) groups is 1. The smallest absolute Gasteiger partial charge is 0.231 e. The van der Waals surface area contributed by atoms with Crippen molar-refractivity contribution in [3.63, 3.8) is 0 Å². The molecule has 0 saturated carbocycles. The van der Waals surface area contributed by atoms with Crippen molar-refractivity contribution in [1.29, 1.82) is 0 Å².